The molecule has 0 saturated heterocycles. The van der Waals surface area contributed by atoms with Gasteiger partial charge in [0.15, 0.2) is 0 Å². The van der Waals surface area contributed by atoms with Gasteiger partial charge in [-0.2, -0.15) is 0 Å². The molecule has 5 rings (SSSR count). The van der Waals surface area contributed by atoms with Crippen molar-refractivity contribution in [3.05, 3.63) is 42.6 Å². The van der Waals surface area contributed by atoms with Gasteiger partial charge in [-0.25, -0.2) is 19.3 Å². The Morgan fingerprint density at radius 3 is 2.73 bits per heavy atom. The number of hydrogen-bond donors (Lipinski definition) is 3. The summed E-state index contributed by atoms with van der Waals surface area (Å²) in [5, 5.41) is 12.5. The predicted octanol–water partition coefficient (Wildman–Crippen LogP) is 3.60. The van der Waals surface area contributed by atoms with Crippen molar-refractivity contribution in [2.24, 2.45) is 0 Å². The summed E-state index contributed by atoms with van der Waals surface area (Å²) in [4.78, 5) is 18.0. The van der Waals surface area contributed by atoms with E-state index in [4.69, 9.17) is 15.8 Å². The van der Waals surface area contributed by atoms with Gasteiger partial charge in [-0.3, -0.25) is 9.19 Å². The van der Waals surface area contributed by atoms with Crippen molar-refractivity contribution in [2.75, 3.05) is 24.2 Å². The molecule has 1 saturated carbocycles. The maximum atomic E-state index is 14.8. The number of nitrogen functional groups attached to an aromatic ring is 1. The number of nitrogens with zero attached hydrogens (tertiary/aromatic N) is 4. The van der Waals surface area contributed by atoms with Gasteiger partial charge in [0.1, 0.15) is 20.6 Å². The molecule has 11 heteroatoms. The second-order valence-electron chi connectivity index (χ2n) is 7.67. The highest BCUT2D eigenvalue weighted by molar-refractivity contribution is 7.88. The molecule has 4 N–H and O–H groups in total. The molecule has 0 spiro atoms. The quantitative estimate of drug-likeness (QED) is 0.363. The van der Waals surface area contributed by atoms with E-state index in [1.54, 1.807) is 18.5 Å². The summed E-state index contributed by atoms with van der Waals surface area (Å²) < 4.78 is 28.4. The van der Waals surface area contributed by atoms with E-state index >= 15 is 0 Å². The third-order valence-electron chi connectivity index (χ3n) is 5.56. The lowest BCUT2D eigenvalue weighted by Gasteiger charge is -2.23. The van der Waals surface area contributed by atoms with Crippen LogP contribution in [0.3, 0.4) is 0 Å². The van der Waals surface area contributed by atoms with Crippen molar-refractivity contribution in [3.63, 3.8) is 0 Å². The summed E-state index contributed by atoms with van der Waals surface area (Å²) in [6, 6.07) is 4.58. The molecule has 33 heavy (non-hydrogen) atoms. The first-order valence-electron chi connectivity index (χ1n) is 10.5. The number of anilines is 2. The Morgan fingerprint density at radius 1 is 1.27 bits per heavy atom. The molecule has 1 aliphatic carbocycles. The number of nitrogens with one attached hydrogen (secondary N) is 1. The summed E-state index contributed by atoms with van der Waals surface area (Å²) in [5.74, 6) is -0.105. The van der Waals surface area contributed by atoms with Crippen molar-refractivity contribution < 1.29 is 13.7 Å². The maximum Gasteiger partial charge on any atom is 0.222 e. The normalized spacial score (nSPS) is 14.8. The molecule has 4 heterocycles. The van der Waals surface area contributed by atoms with Crippen LogP contribution in [0.25, 0.3) is 32.7 Å². The number of fused-ring (bicyclic) bond motifs is 1. The molecule has 1 fully saturated rings. The molecule has 1 atom stereocenters. The zero-order valence-corrected chi connectivity index (χ0v) is 19.1. The second-order valence-corrected chi connectivity index (χ2v) is 10.6. The number of thiophene rings is 1. The molecule has 0 aromatic carbocycles. The summed E-state index contributed by atoms with van der Waals surface area (Å²) >= 11 is 1.28. The third kappa shape index (κ3) is 4.07. The van der Waals surface area contributed by atoms with Crippen LogP contribution in [-0.4, -0.2) is 47.7 Å². The minimum absolute atomic E-state index is 0.0350. The maximum absolute atomic E-state index is 14.8. The lowest BCUT2D eigenvalue weighted by atomic mass is 10.0. The van der Waals surface area contributed by atoms with Gasteiger partial charge in [0.25, 0.3) is 0 Å². The van der Waals surface area contributed by atoms with E-state index in [0.717, 1.165) is 19.3 Å². The Balaban J connectivity index is 1.67. The van der Waals surface area contributed by atoms with Gasteiger partial charge in [-0.1, -0.05) is 6.42 Å². The SMILES string of the molecule is Nc1c([S@](=O)C2CCC2)sc2nc(-c3cnc(NCCO)nc3)cc(-c3ncccc3F)c12. The fraction of sp³-hybridized carbons (Fsp3) is 0.273. The van der Waals surface area contributed by atoms with E-state index in [1.165, 1.54) is 29.7 Å². The van der Waals surface area contributed by atoms with Gasteiger partial charge in [-0.05, 0) is 31.0 Å². The van der Waals surface area contributed by atoms with E-state index in [1.807, 2.05) is 0 Å². The summed E-state index contributed by atoms with van der Waals surface area (Å²) in [6.07, 6.45) is 7.61. The smallest absolute Gasteiger partial charge is 0.222 e. The number of hydrogen-bond acceptors (Lipinski definition) is 9. The highest BCUT2D eigenvalue weighted by atomic mass is 32.2. The van der Waals surface area contributed by atoms with E-state index in [0.29, 0.717) is 49.4 Å². The number of aliphatic hydroxyl groups is 1. The number of rotatable bonds is 7. The highest BCUT2D eigenvalue weighted by Crippen LogP contribution is 2.44. The predicted molar refractivity (Wildman–Crippen MR) is 128 cm³/mol. The Kier molecular flexibility index (Phi) is 6.00. The van der Waals surface area contributed by atoms with Crippen LogP contribution in [0.4, 0.5) is 16.0 Å². The van der Waals surface area contributed by atoms with E-state index in [9.17, 15) is 8.60 Å². The Hall–Kier alpha value is -3.02. The van der Waals surface area contributed by atoms with Gasteiger partial charge in [0.2, 0.25) is 5.95 Å². The zero-order chi connectivity index (χ0) is 22.9. The summed E-state index contributed by atoms with van der Waals surface area (Å²) in [6.45, 7) is 0.300. The molecule has 1 aliphatic rings. The molecule has 8 nitrogen and oxygen atoms in total. The monoisotopic (exact) mass is 484 g/mol. The van der Waals surface area contributed by atoms with E-state index in [-0.39, 0.29) is 17.6 Å². The molecule has 0 unspecified atom stereocenters. The highest BCUT2D eigenvalue weighted by Gasteiger charge is 2.30. The van der Waals surface area contributed by atoms with Crippen molar-refractivity contribution in [3.8, 4) is 22.5 Å². The Bertz CT molecular complexity index is 1340. The van der Waals surface area contributed by atoms with Crippen LogP contribution in [0.5, 0.6) is 0 Å². The number of nitrogens with two attached hydrogens (primary N) is 1. The molecular formula is C22H21FN6O2S2. The number of halogens is 1. The Labute approximate surface area is 195 Å². The van der Waals surface area contributed by atoms with Gasteiger partial charge in [0, 0.05) is 46.9 Å². The average Bonchev–Trinajstić information content (AvgIpc) is 3.13. The summed E-state index contributed by atoms with van der Waals surface area (Å²) in [5.41, 5.74) is 8.64. The van der Waals surface area contributed by atoms with Crippen molar-refractivity contribution >= 4 is 44.0 Å². The minimum Gasteiger partial charge on any atom is -0.396 e. The van der Waals surface area contributed by atoms with Crippen LogP contribution in [0.1, 0.15) is 19.3 Å². The fourth-order valence-electron chi connectivity index (χ4n) is 3.62. The molecule has 0 radical (unpaired) electrons. The van der Waals surface area contributed by atoms with Gasteiger partial charge in [0.05, 0.1) is 28.8 Å². The van der Waals surface area contributed by atoms with Crippen LogP contribution >= 0.6 is 11.3 Å². The molecule has 4 aromatic rings. The van der Waals surface area contributed by atoms with E-state index < -0.39 is 16.6 Å². The minimum atomic E-state index is -1.23. The lowest BCUT2D eigenvalue weighted by Crippen LogP contribution is -2.23. The van der Waals surface area contributed by atoms with Gasteiger partial charge in [-0.15, -0.1) is 11.3 Å². The fourth-order valence-corrected chi connectivity index (χ4v) is 6.83. The lowest BCUT2D eigenvalue weighted by molar-refractivity contribution is 0.311. The first-order chi connectivity index (χ1) is 16.1. The number of aromatic nitrogens is 4. The van der Waals surface area contributed by atoms with Crippen LogP contribution in [0.2, 0.25) is 0 Å². The molecule has 4 aromatic heterocycles. The standard InChI is InChI=1S/C22H21FN6O2S2/c23-15-5-2-6-25-19(15)14-9-16(12-10-27-22(28-11-12)26-7-8-30)29-20-17(14)18(24)21(32-20)33(31)13-3-1-4-13/h2,5-6,9-11,13,30H,1,3-4,7-8,24H2,(H,26,27,28)/t33-/m1/s1. The second kappa shape index (κ2) is 9.08. The van der Waals surface area contributed by atoms with Crippen LogP contribution in [-0.2, 0) is 10.8 Å². The first-order valence-corrected chi connectivity index (χ1v) is 12.5. The average molecular weight is 485 g/mol. The van der Waals surface area contributed by atoms with Crippen LogP contribution in [0, 0.1) is 5.82 Å². The van der Waals surface area contributed by atoms with Crippen LogP contribution in [0.15, 0.2) is 41.0 Å². The van der Waals surface area contributed by atoms with Gasteiger partial charge >= 0.3 is 0 Å². The van der Waals surface area contributed by atoms with Gasteiger partial charge < -0.3 is 16.2 Å². The largest absolute Gasteiger partial charge is 0.396 e. The van der Waals surface area contributed by atoms with Crippen LogP contribution < -0.4 is 11.1 Å². The number of pyridine rings is 2. The summed E-state index contributed by atoms with van der Waals surface area (Å²) in [7, 11) is -1.23. The molecule has 0 amide bonds. The molecule has 0 bridgehead atoms. The molecule has 170 valence electrons. The van der Waals surface area contributed by atoms with Crippen molar-refractivity contribution in [1.82, 2.24) is 19.9 Å². The molecular weight excluding hydrogens is 463 g/mol. The van der Waals surface area contributed by atoms with Crippen molar-refractivity contribution in [1.29, 1.82) is 0 Å². The molecule has 0 aliphatic heterocycles. The third-order valence-corrected chi connectivity index (χ3v) is 8.86. The zero-order valence-electron chi connectivity index (χ0n) is 17.5. The first kappa shape index (κ1) is 21.8. The number of aliphatic hydroxyl groups excluding tert-OH is 1. The topological polar surface area (TPSA) is 127 Å². The Morgan fingerprint density at radius 2 is 2.06 bits per heavy atom. The van der Waals surface area contributed by atoms with E-state index in [2.05, 4.69) is 20.3 Å². The van der Waals surface area contributed by atoms with Crippen molar-refractivity contribution in [2.45, 2.75) is 28.7 Å².